The van der Waals surface area contributed by atoms with Crippen LogP contribution in [0.25, 0.3) is 0 Å². The molecule has 0 bridgehead atoms. The van der Waals surface area contributed by atoms with Crippen LogP contribution in [-0.2, 0) is 26.2 Å². The van der Waals surface area contributed by atoms with Gasteiger partial charge in [0.25, 0.3) is 0 Å². The molecular formula is C16H20Cl2O6Zr. The topological polar surface area (TPSA) is 77.4 Å². The van der Waals surface area contributed by atoms with Gasteiger partial charge in [0.1, 0.15) is 11.5 Å². The van der Waals surface area contributed by atoms with Crippen LogP contribution in [0.3, 0.4) is 0 Å². The summed E-state index contributed by atoms with van der Waals surface area (Å²) < 4.78 is 19.4. The van der Waals surface area contributed by atoms with Gasteiger partial charge in [-0.2, -0.15) is 0 Å². The molecule has 0 radical (unpaired) electrons. The zero-order valence-electron chi connectivity index (χ0n) is 14.2. The smallest absolute Gasteiger partial charge is 1.00 e. The van der Waals surface area contributed by atoms with Gasteiger partial charge in [0.05, 0.1) is 28.4 Å². The SMILES string of the molecule is COc1ccc(OC)c(O)c1.COc1ccc(OC)c(O)c1.[Cl-].[Cl-].[Zr+2]. The third kappa shape index (κ3) is 9.10. The second kappa shape index (κ2) is 15.0. The number of methoxy groups -OCH3 is 4. The van der Waals surface area contributed by atoms with Gasteiger partial charge in [-0.25, -0.2) is 0 Å². The summed E-state index contributed by atoms with van der Waals surface area (Å²) in [6.07, 6.45) is 0. The van der Waals surface area contributed by atoms with Crippen LogP contribution in [0, 0.1) is 0 Å². The van der Waals surface area contributed by atoms with Gasteiger partial charge in [-0.05, 0) is 24.3 Å². The minimum absolute atomic E-state index is 0. The summed E-state index contributed by atoms with van der Waals surface area (Å²) in [6.45, 7) is 0. The Morgan fingerprint density at radius 2 is 0.920 bits per heavy atom. The average Bonchev–Trinajstić information content (AvgIpc) is 2.55. The minimum Gasteiger partial charge on any atom is -1.00 e. The normalized spacial score (nSPS) is 8.16. The Labute approximate surface area is 179 Å². The fourth-order valence-corrected chi connectivity index (χ4v) is 1.59. The molecule has 138 valence electrons. The molecule has 0 heterocycles. The van der Waals surface area contributed by atoms with E-state index in [9.17, 15) is 10.2 Å². The summed E-state index contributed by atoms with van der Waals surface area (Å²) in [7, 11) is 6.09. The van der Waals surface area contributed by atoms with Gasteiger partial charge >= 0.3 is 26.2 Å². The number of phenols is 2. The Morgan fingerprint density at radius 3 is 1.12 bits per heavy atom. The maximum Gasteiger partial charge on any atom is 2.00 e. The first kappa shape index (κ1) is 28.5. The van der Waals surface area contributed by atoms with Crippen molar-refractivity contribution in [3.05, 3.63) is 36.4 Å². The quantitative estimate of drug-likeness (QED) is 0.491. The first-order valence-electron chi connectivity index (χ1n) is 6.37. The molecule has 25 heavy (non-hydrogen) atoms. The number of ether oxygens (including phenoxy) is 4. The van der Waals surface area contributed by atoms with E-state index in [1.54, 1.807) is 38.5 Å². The fourth-order valence-electron chi connectivity index (χ4n) is 1.59. The molecule has 2 rings (SSSR count). The summed E-state index contributed by atoms with van der Waals surface area (Å²) in [5, 5.41) is 18.4. The number of aromatic hydroxyl groups is 2. The van der Waals surface area contributed by atoms with E-state index in [4.69, 9.17) is 18.9 Å². The van der Waals surface area contributed by atoms with E-state index in [1.165, 1.54) is 26.4 Å². The molecule has 6 nitrogen and oxygen atoms in total. The van der Waals surface area contributed by atoms with E-state index in [0.717, 1.165) is 0 Å². The van der Waals surface area contributed by atoms with Crippen LogP contribution in [0.2, 0.25) is 0 Å². The predicted molar refractivity (Wildman–Crippen MR) is 82.4 cm³/mol. The number of hydrogen-bond acceptors (Lipinski definition) is 6. The first-order valence-corrected chi connectivity index (χ1v) is 6.37. The molecule has 0 spiro atoms. The second-order valence-corrected chi connectivity index (χ2v) is 4.08. The van der Waals surface area contributed by atoms with Crippen molar-refractivity contribution in [1.29, 1.82) is 0 Å². The van der Waals surface area contributed by atoms with Crippen molar-refractivity contribution in [2.24, 2.45) is 0 Å². The van der Waals surface area contributed by atoms with E-state index in [2.05, 4.69) is 0 Å². The molecule has 0 amide bonds. The van der Waals surface area contributed by atoms with Crippen molar-refractivity contribution < 1.29 is 80.2 Å². The van der Waals surface area contributed by atoms with Crippen LogP contribution in [-0.4, -0.2) is 38.7 Å². The molecule has 0 atom stereocenters. The Balaban J connectivity index is -0.000000346. The van der Waals surface area contributed by atoms with E-state index >= 15 is 0 Å². The maximum absolute atomic E-state index is 9.22. The molecule has 0 saturated heterocycles. The van der Waals surface area contributed by atoms with Gasteiger partial charge in [-0.1, -0.05) is 0 Å². The van der Waals surface area contributed by atoms with Crippen LogP contribution in [0.4, 0.5) is 0 Å². The molecule has 0 unspecified atom stereocenters. The monoisotopic (exact) mass is 468 g/mol. The Bertz CT molecular complexity index is 560. The van der Waals surface area contributed by atoms with Crippen molar-refractivity contribution >= 4 is 0 Å². The van der Waals surface area contributed by atoms with Crippen LogP contribution in [0.15, 0.2) is 36.4 Å². The van der Waals surface area contributed by atoms with Crippen LogP contribution in [0.5, 0.6) is 34.5 Å². The zero-order valence-corrected chi connectivity index (χ0v) is 18.2. The van der Waals surface area contributed by atoms with Gasteiger partial charge in [-0.15, -0.1) is 0 Å². The summed E-state index contributed by atoms with van der Waals surface area (Å²) in [6, 6.07) is 9.73. The first-order chi connectivity index (χ1) is 10.5. The largest absolute Gasteiger partial charge is 2.00 e. The summed E-state index contributed by atoms with van der Waals surface area (Å²) in [5.41, 5.74) is 0. The molecule has 0 fully saturated rings. The van der Waals surface area contributed by atoms with E-state index in [0.29, 0.717) is 23.0 Å². The minimum atomic E-state index is 0. The standard InChI is InChI=1S/2C8H10O3.2ClH.Zr/c2*1-10-6-3-4-8(11-2)7(9)5-6;;;/h2*3-5,9H,1-2H3;2*1H;/q;;;;+2/p-2. The molecule has 0 aliphatic carbocycles. The van der Waals surface area contributed by atoms with Gasteiger partial charge in [0, 0.05) is 12.1 Å². The van der Waals surface area contributed by atoms with Crippen molar-refractivity contribution in [2.75, 3.05) is 28.4 Å². The Kier molecular flexibility index (Phi) is 17.1. The Morgan fingerprint density at radius 1 is 0.600 bits per heavy atom. The molecule has 2 N–H and O–H groups in total. The molecule has 0 aromatic heterocycles. The van der Waals surface area contributed by atoms with Crippen LogP contribution < -0.4 is 43.8 Å². The fraction of sp³-hybridized carbons (Fsp3) is 0.250. The molecule has 0 aliphatic rings. The molecule has 9 heteroatoms. The van der Waals surface area contributed by atoms with E-state index < -0.39 is 0 Å². The number of hydrogen-bond donors (Lipinski definition) is 2. The number of rotatable bonds is 4. The summed E-state index contributed by atoms with van der Waals surface area (Å²) in [5.74, 6) is 2.31. The second-order valence-electron chi connectivity index (χ2n) is 4.08. The van der Waals surface area contributed by atoms with E-state index in [1.807, 2.05) is 0 Å². The third-order valence-electron chi connectivity index (χ3n) is 2.77. The molecule has 2 aromatic rings. The van der Waals surface area contributed by atoms with Crippen molar-refractivity contribution in [3.63, 3.8) is 0 Å². The number of benzene rings is 2. The number of halogens is 2. The maximum atomic E-state index is 9.22. The average molecular weight is 470 g/mol. The van der Waals surface area contributed by atoms with Gasteiger partial charge in [-0.3, -0.25) is 0 Å². The van der Waals surface area contributed by atoms with Gasteiger partial charge in [0.15, 0.2) is 23.0 Å². The van der Waals surface area contributed by atoms with Crippen LogP contribution >= 0.6 is 0 Å². The predicted octanol–water partition coefficient (Wildman–Crippen LogP) is -3.18. The molecule has 2 aromatic carbocycles. The third-order valence-corrected chi connectivity index (χ3v) is 2.77. The number of phenolic OH excluding ortho intramolecular Hbond substituents is 2. The summed E-state index contributed by atoms with van der Waals surface area (Å²) >= 11 is 0. The van der Waals surface area contributed by atoms with Crippen LogP contribution in [0.1, 0.15) is 0 Å². The van der Waals surface area contributed by atoms with Crippen molar-refractivity contribution in [3.8, 4) is 34.5 Å². The molecule has 0 saturated carbocycles. The zero-order chi connectivity index (χ0) is 16.5. The molecule has 0 aliphatic heterocycles. The van der Waals surface area contributed by atoms with Gasteiger partial charge in [0.2, 0.25) is 0 Å². The van der Waals surface area contributed by atoms with E-state index in [-0.39, 0.29) is 62.5 Å². The summed E-state index contributed by atoms with van der Waals surface area (Å²) in [4.78, 5) is 0. The molecular weight excluding hydrogens is 450 g/mol. The van der Waals surface area contributed by atoms with Crippen molar-refractivity contribution in [1.82, 2.24) is 0 Å². The Hall–Kier alpha value is -1.30. The van der Waals surface area contributed by atoms with Gasteiger partial charge < -0.3 is 54.0 Å². The van der Waals surface area contributed by atoms with Crippen molar-refractivity contribution in [2.45, 2.75) is 0 Å².